The van der Waals surface area contributed by atoms with Gasteiger partial charge in [-0.3, -0.25) is 9.59 Å². The van der Waals surface area contributed by atoms with Crippen molar-refractivity contribution in [1.29, 1.82) is 0 Å². The van der Waals surface area contributed by atoms with Crippen molar-refractivity contribution in [1.82, 2.24) is 4.90 Å². The molecule has 0 saturated heterocycles. The lowest BCUT2D eigenvalue weighted by Crippen LogP contribution is -2.31. The second kappa shape index (κ2) is 9.36. The number of ether oxygens (including phenoxy) is 1. The Morgan fingerprint density at radius 1 is 1.00 bits per heavy atom. The minimum Gasteiger partial charge on any atom is -0.465 e. The van der Waals surface area contributed by atoms with E-state index in [1.165, 1.54) is 14.0 Å². The van der Waals surface area contributed by atoms with Crippen LogP contribution in [0, 0.1) is 0 Å². The number of carbonyl (C=O) groups excluding carboxylic acids is 3. The molecule has 26 heavy (non-hydrogen) atoms. The summed E-state index contributed by atoms with van der Waals surface area (Å²) in [6.45, 7) is 2.29. The topological polar surface area (TPSA) is 75.7 Å². The summed E-state index contributed by atoms with van der Waals surface area (Å²) < 4.78 is 4.63. The average molecular weight is 354 g/mol. The third-order valence-corrected chi connectivity index (χ3v) is 3.86. The molecule has 0 aliphatic carbocycles. The molecule has 0 radical (unpaired) electrons. The Labute approximate surface area is 152 Å². The van der Waals surface area contributed by atoms with Crippen molar-refractivity contribution in [3.05, 3.63) is 65.7 Å². The van der Waals surface area contributed by atoms with Gasteiger partial charge >= 0.3 is 5.97 Å². The lowest BCUT2D eigenvalue weighted by atomic mass is 10.2. The molecule has 0 bridgehead atoms. The second-order valence-electron chi connectivity index (χ2n) is 5.79. The summed E-state index contributed by atoms with van der Waals surface area (Å²) in [7, 11) is 1.31. The van der Waals surface area contributed by atoms with E-state index >= 15 is 0 Å². The van der Waals surface area contributed by atoms with Crippen LogP contribution in [0.5, 0.6) is 0 Å². The van der Waals surface area contributed by atoms with E-state index in [0.29, 0.717) is 24.3 Å². The third-order valence-electron chi connectivity index (χ3n) is 3.86. The van der Waals surface area contributed by atoms with Gasteiger partial charge in [0, 0.05) is 32.1 Å². The van der Waals surface area contributed by atoms with Gasteiger partial charge < -0.3 is 15.0 Å². The van der Waals surface area contributed by atoms with E-state index < -0.39 is 5.97 Å². The van der Waals surface area contributed by atoms with Crippen LogP contribution in [0.2, 0.25) is 0 Å². The van der Waals surface area contributed by atoms with Crippen LogP contribution < -0.4 is 5.32 Å². The van der Waals surface area contributed by atoms with E-state index in [1.807, 2.05) is 30.3 Å². The number of benzene rings is 2. The predicted octanol–water partition coefficient (Wildman–Crippen LogP) is 2.85. The zero-order valence-corrected chi connectivity index (χ0v) is 14.9. The lowest BCUT2D eigenvalue weighted by molar-refractivity contribution is -0.129. The molecule has 2 rings (SSSR count). The van der Waals surface area contributed by atoms with Gasteiger partial charge in [-0.25, -0.2) is 4.79 Å². The summed E-state index contributed by atoms with van der Waals surface area (Å²) in [6, 6.07) is 16.1. The van der Waals surface area contributed by atoms with Crippen LogP contribution >= 0.6 is 0 Å². The summed E-state index contributed by atoms with van der Waals surface area (Å²) in [5.41, 5.74) is 2.01. The highest BCUT2D eigenvalue weighted by Gasteiger charge is 2.12. The molecule has 136 valence electrons. The van der Waals surface area contributed by atoms with Gasteiger partial charge in [-0.1, -0.05) is 30.3 Å². The Morgan fingerprint density at radius 2 is 1.65 bits per heavy atom. The summed E-state index contributed by atoms with van der Waals surface area (Å²) in [5.74, 6) is -0.708. The largest absolute Gasteiger partial charge is 0.465 e. The van der Waals surface area contributed by atoms with E-state index in [0.717, 1.165) is 5.56 Å². The van der Waals surface area contributed by atoms with Crippen LogP contribution in [0.15, 0.2) is 54.6 Å². The number of methoxy groups -OCH3 is 1. The molecule has 2 amide bonds. The van der Waals surface area contributed by atoms with Crippen molar-refractivity contribution in [2.24, 2.45) is 0 Å². The number of carbonyl (C=O) groups is 3. The van der Waals surface area contributed by atoms with Crippen molar-refractivity contribution < 1.29 is 19.1 Å². The molecule has 6 nitrogen and oxygen atoms in total. The van der Waals surface area contributed by atoms with Crippen molar-refractivity contribution >= 4 is 23.5 Å². The average Bonchev–Trinajstić information content (AvgIpc) is 2.65. The van der Waals surface area contributed by atoms with Crippen molar-refractivity contribution in [2.75, 3.05) is 19.0 Å². The molecular weight excluding hydrogens is 332 g/mol. The monoisotopic (exact) mass is 354 g/mol. The Bertz CT molecular complexity index is 757. The number of anilines is 1. The Kier molecular flexibility index (Phi) is 6.91. The van der Waals surface area contributed by atoms with Gasteiger partial charge in [-0.05, 0) is 29.8 Å². The minimum absolute atomic E-state index is 0.0796. The predicted molar refractivity (Wildman–Crippen MR) is 98.6 cm³/mol. The molecule has 0 heterocycles. The van der Waals surface area contributed by atoms with Gasteiger partial charge in [0.15, 0.2) is 0 Å². The molecule has 0 aliphatic heterocycles. The first kappa shape index (κ1) is 19.2. The summed E-state index contributed by atoms with van der Waals surface area (Å²) in [5, 5.41) is 2.76. The molecule has 0 unspecified atom stereocenters. The molecule has 1 N–H and O–H groups in total. The maximum atomic E-state index is 12.1. The highest BCUT2D eigenvalue weighted by molar-refractivity contribution is 5.93. The fourth-order valence-electron chi connectivity index (χ4n) is 2.42. The van der Waals surface area contributed by atoms with Crippen LogP contribution in [0.1, 0.15) is 29.3 Å². The SMILES string of the molecule is COC(=O)c1ccc(NC(=O)CCN(Cc2ccccc2)C(C)=O)cc1. The first-order chi connectivity index (χ1) is 12.5. The van der Waals surface area contributed by atoms with E-state index in [1.54, 1.807) is 29.2 Å². The van der Waals surface area contributed by atoms with E-state index in [2.05, 4.69) is 10.1 Å². The summed E-state index contributed by atoms with van der Waals surface area (Å²) in [6.07, 6.45) is 0.186. The fourth-order valence-corrected chi connectivity index (χ4v) is 2.42. The zero-order valence-electron chi connectivity index (χ0n) is 14.9. The molecule has 0 atom stereocenters. The lowest BCUT2D eigenvalue weighted by Gasteiger charge is -2.21. The number of rotatable bonds is 7. The third kappa shape index (κ3) is 5.73. The van der Waals surface area contributed by atoms with Crippen LogP contribution in [0.25, 0.3) is 0 Å². The number of hydrogen-bond donors (Lipinski definition) is 1. The highest BCUT2D eigenvalue weighted by Crippen LogP contribution is 2.11. The number of nitrogens with one attached hydrogen (secondary N) is 1. The normalized spacial score (nSPS) is 10.1. The van der Waals surface area contributed by atoms with Gasteiger partial charge in [-0.2, -0.15) is 0 Å². The molecule has 2 aromatic carbocycles. The van der Waals surface area contributed by atoms with Gasteiger partial charge in [0.1, 0.15) is 0 Å². The van der Waals surface area contributed by atoms with Crippen LogP contribution in [0.4, 0.5) is 5.69 Å². The van der Waals surface area contributed by atoms with Gasteiger partial charge in [0.2, 0.25) is 11.8 Å². The smallest absolute Gasteiger partial charge is 0.337 e. The minimum atomic E-state index is -0.430. The molecule has 0 aromatic heterocycles. The van der Waals surface area contributed by atoms with Gasteiger partial charge in [-0.15, -0.1) is 0 Å². The van der Waals surface area contributed by atoms with Crippen molar-refractivity contribution in [3.63, 3.8) is 0 Å². The van der Waals surface area contributed by atoms with Crippen LogP contribution in [-0.4, -0.2) is 36.3 Å². The summed E-state index contributed by atoms with van der Waals surface area (Å²) in [4.78, 5) is 37.0. The highest BCUT2D eigenvalue weighted by atomic mass is 16.5. The molecular formula is C20H22N2O4. The van der Waals surface area contributed by atoms with E-state index in [-0.39, 0.29) is 18.2 Å². The molecule has 0 saturated carbocycles. The Balaban J connectivity index is 1.87. The number of esters is 1. The van der Waals surface area contributed by atoms with E-state index in [9.17, 15) is 14.4 Å². The van der Waals surface area contributed by atoms with Crippen LogP contribution in [-0.2, 0) is 20.9 Å². The molecule has 0 aliphatic rings. The molecule has 0 spiro atoms. The quantitative estimate of drug-likeness (QED) is 0.776. The standard InChI is InChI=1S/C20H22N2O4/c1-15(23)22(14-16-6-4-3-5-7-16)13-12-19(24)21-18-10-8-17(9-11-18)20(25)26-2/h3-11H,12-14H2,1-2H3,(H,21,24). The van der Waals surface area contributed by atoms with Crippen molar-refractivity contribution in [3.8, 4) is 0 Å². The first-order valence-corrected chi connectivity index (χ1v) is 8.27. The van der Waals surface area contributed by atoms with Gasteiger partial charge in [0.25, 0.3) is 0 Å². The maximum absolute atomic E-state index is 12.1. The first-order valence-electron chi connectivity index (χ1n) is 8.27. The zero-order chi connectivity index (χ0) is 18.9. The molecule has 6 heteroatoms. The Hall–Kier alpha value is -3.15. The van der Waals surface area contributed by atoms with Crippen LogP contribution in [0.3, 0.4) is 0 Å². The number of amides is 2. The maximum Gasteiger partial charge on any atom is 0.337 e. The number of nitrogens with zero attached hydrogens (tertiary/aromatic N) is 1. The molecule has 2 aromatic rings. The van der Waals surface area contributed by atoms with Gasteiger partial charge in [0.05, 0.1) is 12.7 Å². The van der Waals surface area contributed by atoms with E-state index in [4.69, 9.17) is 0 Å². The Morgan fingerprint density at radius 3 is 2.23 bits per heavy atom. The number of hydrogen-bond acceptors (Lipinski definition) is 4. The van der Waals surface area contributed by atoms with Crippen molar-refractivity contribution in [2.45, 2.75) is 19.9 Å². The molecule has 0 fully saturated rings. The fraction of sp³-hybridized carbons (Fsp3) is 0.250. The second-order valence-corrected chi connectivity index (χ2v) is 5.79. The summed E-state index contributed by atoms with van der Waals surface area (Å²) >= 11 is 0.